The lowest BCUT2D eigenvalue weighted by molar-refractivity contribution is 0.145. The molecule has 0 aliphatic rings. The van der Waals surface area contributed by atoms with Crippen molar-refractivity contribution in [2.75, 3.05) is 25.1 Å². The van der Waals surface area contributed by atoms with Crippen molar-refractivity contribution in [3.63, 3.8) is 0 Å². The molecule has 1 heterocycles. The van der Waals surface area contributed by atoms with Gasteiger partial charge in [0.2, 0.25) is 0 Å². The number of hydrogen-bond donors (Lipinski definition) is 2. The molecule has 28 heavy (non-hydrogen) atoms. The van der Waals surface area contributed by atoms with Crippen LogP contribution < -0.4 is 10.6 Å². The summed E-state index contributed by atoms with van der Waals surface area (Å²) in [6, 6.07) is 16.0. The number of benzene rings is 2. The van der Waals surface area contributed by atoms with Crippen LogP contribution in [0.1, 0.15) is 24.7 Å². The summed E-state index contributed by atoms with van der Waals surface area (Å²) in [4.78, 5) is 16.6. The molecule has 0 spiro atoms. The predicted octanol–water partition coefficient (Wildman–Crippen LogP) is 3.91. The molecule has 0 atom stereocenters. The number of carbonyl (C=O) groups excluding carboxylic acids is 1. The number of anilines is 1. The maximum atomic E-state index is 11.9. The number of urea groups is 1. The molecule has 0 saturated heterocycles. The van der Waals surface area contributed by atoms with E-state index >= 15 is 0 Å². The summed E-state index contributed by atoms with van der Waals surface area (Å²) in [5.41, 5.74) is 4.19. The molecule has 0 bridgehead atoms. The van der Waals surface area contributed by atoms with Crippen molar-refractivity contribution in [1.29, 1.82) is 0 Å². The lowest BCUT2D eigenvalue weighted by Crippen LogP contribution is -2.30. The third kappa shape index (κ3) is 5.33. The van der Waals surface area contributed by atoms with E-state index in [1.807, 2.05) is 49.4 Å². The number of rotatable bonds is 9. The second-order valence-corrected chi connectivity index (χ2v) is 6.70. The van der Waals surface area contributed by atoms with Gasteiger partial charge >= 0.3 is 6.03 Å². The molecule has 2 aromatic carbocycles. The van der Waals surface area contributed by atoms with Gasteiger partial charge in [0.25, 0.3) is 0 Å². The number of ether oxygens (including phenoxy) is 1. The summed E-state index contributed by atoms with van der Waals surface area (Å²) in [6.45, 7) is 3.93. The summed E-state index contributed by atoms with van der Waals surface area (Å²) in [7, 11) is 2.06. The van der Waals surface area contributed by atoms with Crippen molar-refractivity contribution in [2.24, 2.45) is 7.05 Å². The maximum absolute atomic E-state index is 11.9. The predicted molar refractivity (Wildman–Crippen MR) is 113 cm³/mol. The van der Waals surface area contributed by atoms with Gasteiger partial charge in [-0.25, -0.2) is 9.78 Å². The van der Waals surface area contributed by atoms with Crippen LogP contribution in [0, 0.1) is 0 Å². The first-order valence-corrected chi connectivity index (χ1v) is 9.79. The van der Waals surface area contributed by atoms with Crippen molar-refractivity contribution in [3.05, 3.63) is 59.9 Å². The van der Waals surface area contributed by atoms with Crippen LogP contribution in [0.15, 0.2) is 48.5 Å². The van der Waals surface area contributed by atoms with E-state index in [0.29, 0.717) is 19.8 Å². The second kappa shape index (κ2) is 9.90. The number of aromatic nitrogens is 2. The SMILES string of the molecule is CCOCCCNC(=O)Nc1ccc(CCc2nc3ccccc3n2C)cc1. The molecule has 0 unspecified atom stereocenters. The van der Waals surface area contributed by atoms with Gasteiger partial charge in [0.15, 0.2) is 0 Å². The van der Waals surface area contributed by atoms with E-state index in [-0.39, 0.29) is 6.03 Å². The normalized spacial score (nSPS) is 10.9. The number of para-hydroxylation sites is 2. The standard InChI is InChI=1S/C22H28N4O2/c1-3-28-16-6-15-23-22(27)24-18-12-9-17(10-13-18)11-14-21-25-19-7-4-5-8-20(19)26(21)2/h4-5,7-10,12-13H,3,6,11,14-16H2,1-2H3,(H2,23,24,27). The largest absolute Gasteiger partial charge is 0.382 e. The number of imidazole rings is 1. The zero-order chi connectivity index (χ0) is 19.8. The van der Waals surface area contributed by atoms with Crippen LogP contribution in [-0.2, 0) is 24.6 Å². The second-order valence-electron chi connectivity index (χ2n) is 6.70. The quantitative estimate of drug-likeness (QED) is 0.553. The fourth-order valence-electron chi connectivity index (χ4n) is 3.13. The van der Waals surface area contributed by atoms with Gasteiger partial charge in [0.1, 0.15) is 5.82 Å². The number of amides is 2. The third-order valence-corrected chi connectivity index (χ3v) is 4.68. The molecule has 0 aliphatic heterocycles. The van der Waals surface area contributed by atoms with Gasteiger partial charge in [-0.3, -0.25) is 0 Å². The Balaban J connectivity index is 1.47. The molecule has 6 nitrogen and oxygen atoms in total. The Morgan fingerprint density at radius 3 is 2.64 bits per heavy atom. The van der Waals surface area contributed by atoms with Crippen LogP contribution in [0.25, 0.3) is 11.0 Å². The van der Waals surface area contributed by atoms with Crippen LogP contribution in [0.2, 0.25) is 0 Å². The van der Waals surface area contributed by atoms with Gasteiger partial charge in [-0.2, -0.15) is 0 Å². The van der Waals surface area contributed by atoms with E-state index in [9.17, 15) is 4.79 Å². The summed E-state index contributed by atoms with van der Waals surface area (Å²) in [5.74, 6) is 1.08. The van der Waals surface area contributed by atoms with Gasteiger partial charge in [-0.15, -0.1) is 0 Å². The first kappa shape index (κ1) is 19.9. The molecule has 3 rings (SSSR count). The van der Waals surface area contributed by atoms with E-state index in [1.165, 1.54) is 5.56 Å². The molecule has 3 aromatic rings. The Morgan fingerprint density at radius 2 is 1.89 bits per heavy atom. The van der Waals surface area contributed by atoms with Crippen LogP contribution in [0.3, 0.4) is 0 Å². The van der Waals surface area contributed by atoms with E-state index in [1.54, 1.807) is 0 Å². The molecule has 0 aliphatic carbocycles. The molecule has 1 aromatic heterocycles. The molecular weight excluding hydrogens is 352 g/mol. The highest BCUT2D eigenvalue weighted by molar-refractivity contribution is 5.89. The van der Waals surface area contributed by atoms with E-state index < -0.39 is 0 Å². The Morgan fingerprint density at radius 1 is 1.11 bits per heavy atom. The first-order valence-electron chi connectivity index (χ1n) is 9.79. The van der Waals surface area contributed by atoms with E-state index in [2.05, 4.69) is 28.3 Å². The minimum Gasteiger partial charge on any atom is -0.382 e. The molecule has 6 heteroatoms. The van der Waals surface area contributed by atoms with Crippen molar-refractivity contribution in [1.82, 2.24) is 14.9 Å². The Kier molecular flexibility index (Phi) is 7.03. The minimum atomic E-state index is -0.191. The molecule has 0 saturated carbocycles. The number of nitrogens with one attached hydrogen (secondary N) is 2. The van der Waals surface area contributed by atoms with Gasteiger partial charge in [0.05, 0.1) is 11.0 Å². The van der Waals surface area contributed by atoms with Crippen molar-refractivity contribution >= 4 is 22.8 Å². The molecule has 148 valence electrons. The topological polar surface area (TPSA) is 68.2 Å². The fourth-order valence-corrected chi connectivity index (χ4v) is 3.13. The highest BCUT2D eigenvalue weighted by Gasteiger charge is 2.07. The van der Waals surface area contributed by atoms with Gasteiger partial charge < -0.3 is 19.9 Å². The van der Waals surface area contributed by atoms with E-state index in [0.717, 1.165) is 41.8 Å². The van der Waals surface area contributed by atoms with Crippen molar-refractivity contribution in [2.45, 2.75) is 26.2 Å². The molecule has 2 N–H and O–H groups in total. The molecule has 0 fully saturated rings. The fraction of sp³-hybridized carbons (Fsp3) is 0.364. The first-order chi connectivity index (χ1) is 13.7. The Hall–Kier alpha value is -2.86. The summed E-state index contributed by atoms with van der Waals surface area (Å²) in [6.07, 6.45) is 2.59. The number of nitrogens with zero attached hydrogens (tertiary/aromatic N) is 2. The van der Waals surface area contributed by atoms with Gasteiger partial charge in [0, 0.05) is 38.9 Å². The molecule has 0 radical (unpaired) electrons. The number of carbonyl (C=O) groups is 1. The van der Waals surface area contributed by atoms with Crippen LogP contribution in [0.4, 0.5) is 10.5 Å². The minimum absolute atomic E-state index is 0.191. The summed E-state index contributed by atoms with van der Waals surface area (Å²) in [5, 5.41) is 5.68. The zero-order valence-electron chi connectivity index (χ0n) is 16.6. The Bertz CT molecular complexity index is 903. The monoisotopic (exact) mass is 380 g/mol. The summed E-state index contributed by atoms with van der Waals surface area (Å²) < 4.78 is 7.40. The smallest absolute Gasteiger partial charge is 0.319 e. The lowest BCUT2D eigenvalue weighted by atomic mass is 10.1. The molecular formula is C22H28N4O2. The highest BCUT2D eigenvalue weighted by Crippen LogP contribution is 2.16. The van der Waals surface area contributed by atoms with E-state index in [4.69, 9.17) is 9.72 Å². The van der Waals surface area contributed by atoms with Crippen molar-refractivity contribution in [3.8, 4) is 0 Å². The zero-order valence-corrected chi connectivity index (χ0v) is 16.6. The third-order valence-electron chi connectivity index (χ3n) is 4.68. The van der Waals surface area contributed by atoms with Crippen LogP contribution in [0.5, 0.6) is 0 Å². The average Bonchev–Trinajstić information content (AvgIpc) is 3.03. The van der Waals surface area contributed by atoms with Crippen LogP contribution in [-0.4, -0.2) is 35.3 Å². The van der Waals surface area contributed by atoms with Crippen molar-refractivity contribution < 1.29 is 9.53 Å². The Labute approximate surface area is 165 Å². The number of aryl methyl sites for hydroxylation is 3. The number of hydrogen-bond acceptors (Lipinski definition) is 3. The average molecular weight is 380 g/mol. The lowest BCUT2D eigenvalue weighted by Gasteiger charge is -2.09. The summed E-state index contributed by atoms with van der Waals surface area (Å²) >= 11 is 0. The maximum Gasteiger partial charge on any atom is 0.319 e. The van der Waals surface area contributed by atoms with Crippen LogP contribution >= 0.6 is 0 Å². The molecule has 2 amide bonds. The van der Waals surface area contributed by atoms with Gasteiger partial charge in [-0.1, -0.05) is 24.3 Å². The number of fused-ring (bicyclic) bond motifs is 1. The highest BCUT2D eigenvalue weighted by atomic mass is 16.5. The van der Waals surface area contributed by atoms with Gasteiger partial charge in [-0.05, 0) is 49.6 Å².